The van der Waals surface area contributed by atoms with Crippen LogP contribution in [0.2, 0.25) is 0 Å². The van der Waals surface area contributed by atoms with Gasteiger partial charge in [0.05, 0.1) is 13.7 Å². The van der Waals surface area contributed by atoms with Gasteiger partial charge in [-0.3, -0.25) is 9.59 Å². The molecule has 0 aliphatic rings. The Labute approximate surface area is 148 Å². The number of hydrogen-bond donors (Lipinski definition) is 2. The number of aryl methyl sites for hydroxylation is 2. The summed E-state index contributed by atoms with van der Waals surface area (Å²) in [5.41, 5.74) is 3.52. The number of hydrogen-bond acceptors (Lipinski definition) is 3. The number of para-hydroxylation sites is 1. The van der Waals surface area contributed by atoms with Gasteiger partial charge in [0, 0.05) is 11.3 Å². The van der Waals surface area contributed by atoms with Gasteiger partial charge >= 0.3 is 0 Å². The van der Waals surface area contributed by atoms with Crippen LogP contribution in [-0.2, 0) is 17.6 Å². The average molecular weight is 340 g/mol. The van der Waals surface area contributed by atoms with Crippen molar-refractivity contribution in [3.05, 3.63) is 59.2 Å². The highest BCUT2D eigenvalue weighted by molar-refractivity contribution is 5.99. The Morgan fingerprint density at radius 2 is 1.56 bits per heavy atom. The zero-order valence-electron chi connectivity index (χ0n) is 14.9. The highest BCUT2D eigenvalue weighted by Gasteiger charge is 2.12. The second-order valence-electron chi connectivity index (χ2n) is 5.62. The van der Waals surface area contributed by atoms with Crippen LogP contribution in [0.25, 0.3) is 0 Å². The smallest absolute Gasteiger partial charge is 0.251 e. The van der Waals surface area contributed by atoms with E-state index >= 15 is 0 Å². The van der Waals surface area contributed by atoms with Crippen molar-refractivity contribution in [2.24, 2.45) is 0 Å². The van der Waals surface area contributed by atoms with Crippen LogP contribution in [-0.4, -0.2) is 25.5 Å². The van der Waals surface area contributed by atoms with Crippen molar-refractivity contribution in [1.29, 1.82) is 0 Å². The third-order valence-corrected chi connectivity index (χ3v) is 4.02. The van der Waals surface area contributed by atoms with E-state index in [1.807, 2.05) is 18.2 Å². The second-order valence-corrected chi connectivity index (χ2v) is 5.62. The number of anilines is 1. The number of methoxy groups -OCH3 is 1. The molecule has 25 heavy (non-hydrogen) atoms. The molecular formula is C20H24N2O3. The van der Waals surface area contributed by atoms with Crippen molar-refractivity contribution in [3.8, 4) is 5.75 Å². The number of carbonyl (C=O) groups is 2. The van der Waals surface area contributed by atoms with Gasteiger partial charge in [-0.2, -0.15) is 0 Å². The van der Waals surface area contributed by atoms with Gasteiger partial charge < -0.3 is 15.4 Å². The van der Waals surface area contributed by atoms with E-state index < -0.39 is 0 Å². The molecule has 0 aliphatic heterocycles. The van der Waals surface area contributed by atoms with Crippen molar-refractivity contribution in [2.45, 2.75) is 26.7 Å². The molecule has 2 N–H and O–H groups in total. The number of amides is 2. The van der Waals surface area contributed by atoms with Gasteiger partial charge in [-0.15, -0.1) is 0 Å². The van der Waals surface area contributed by atoms with Crippen LogP contribution < -0.4 is 15.4 Å². The number of rotatable bonds is 7. The van der Waals surface area contributed by atoms with Gasteiger partial charge in [-0.1, -0.05) is 32.0 Å². The summed E-state index contributed by atoms with van der Waals surface area (Å²) in [5.74, 6) is 0.146. The predicted octanol–water partition coefficient (Wildman–Crippen LogP) is 3.19. The summed E-state index contributed by atoms with van der Waals surface area (Å²) in [6.45, 7) is 4.03. The molecule has 5 nitrogen and oxygen atoms in total. The van der Waals surface area contributed by atoms with Gasteiger partial charge in [0.25, 0.3) is 5.91 Å². The summed E-state index contributed by atoms with van der Waals surface area (Å²) in [7, 11) is 1.57. The minimum absolute atomic E-state index is 0.0773. The number of ether oxygens (including phenoxy) is 1. The first kappa shape index (κ1) is 18.5. The van der Waals surface area contributed by atoms with Gasteiger partial charge in [0.15, 0.2) is 0 Å². The molecule has 0 aromatic heterocycles. The zero-order valence-corrected chi connectivity index (χ0v) is 14.9. The molecular weight excluding hydrogens is 316 g/mol. The topological polar surface area (TPSA) is 67.4 Å². The Morgan fingerprint density at radius 1 is 0.960 bits per heavy atom. The van der Waals surface area contributed by atoms with E-state index in [4.69, 9.17) is 4.74 Å². The number of nitrogens with one attached hydrogen (secondary N) is 2. The molecule has 2 aromatic rings. The largest absolute Gasteiger partial charge is 0.497 e. The fourth-order valence-corrected chi connectivity index (χ4v) is 2.59. The lowest BCUT2D eigenvalue weighted by Crippen LogP contribution is -2.33. The molecule has 0 saturated carbocycles. The van der Waals surface area contributed by atoms with Crippen LogP contribution in [0.4, 0.5) is 5.69 Å². The molecule has 0 atom stereocenters. The monoisotopic (exact) mass is 340 g/mol. The van der Waals surface area contributed by atoms with E-state index in [0.717, 1.165) is 29.7 Å². The normalized spacial score (nSPS) is 10.2. The van der Waals surface area contributed by atoms with Gasteiger partial charge in [-0.25, -0.2) is 0 Å². The molecule has 2 rings (SSSR count). The Balaban J connectivity index is 1.97. The lowest BCUT2D eigenvalue weighted by Gasteiger charge is -2.14. The maximum Gasteiger partial charge on any atom is 0.251 e. The maximum absolute atomic E-state index is 12.2. The first-order valence-electron chi connectivity index (χ1n) is 8.41. The van der Waals surface area contributed by atoms with E-state index in [2.05, 4.69) is 24.5 Å². The Kier molecular flexibility index (Phi) is 6.57. The predicted molar refractivity (Wildman–Crippen MR) is 99.2 cm³/mol. The first-order valence-corrected chi connectivity index (χ1v) is 8.41. The molecule has 2 aromatic carbocycles. The molecule has 132 valence electrons. The van der Waals surface area contributed by atoms with Crippen molar-refractivity contribution in [2.75, 3.05) is 19.0 Å². The van der Waals surface area contributed by atoms with E-state index in [1.54, 1.807) is 31.4 Å². The van der Waals surface area contributed by atoms with Crippen LogP contribution in [0.1, 0.15) is 35.3 Å². The molecule has 2 amide bonds. The average Bonchev–Trinajstić information content (AvgIpc) is 2.66. The van der Waals surface area contributed by atoms with Crippen molar-refractivity contribution < 1.29 is 14.3 Å². The quantitative estimate of drug-likeness (QED) is 0.813. The van der Waals surface area contributed by atoms with Crippen LogP contribution in [0, 0.1) is 0 Å². The highest BCUT2D eigenvalue weighted by Crippen LogP contribution is 2.22. The molecule has 0 unspecified atom stereocenters. The van der Waals surface area contributed by atoms with Crippen LogP contribution in [0.5, 0.6) is 5.75 Å². The highest BCUT2D eigenvalue weighted by atomic mass is 16.5. The van der Waals surface area contributed by atoms with Crippen LogP contribution >= 0.6 is 0 Å². The lowest BCUT2D eigenvalue weighted by atomic mass is 10.0. The minimum Gasteiger partial charge on any atom is -0.497 e. The number of benzene rings is 2. The molecule has 0 bridgehead atoms. The molecule has 0 radical (unpaired) electrons. The summed E-state index contributed by atoms with van der Waals surface area (Å²) in [6, 6.07) is 12.7. The van der Waals surface area contributed by atoms with Gasteiger partial charge in [0.1, 0.15) is 5.75 Å². The summed E-state index contributed by atoms with van der Waals surface area (Å²) >= 11 is 0. The van der Waals surface area contributed by atoms with E-state index in [0.29, 0.717) is 11.3 Å². The fraction of sp³-hybridized carbons (Fsp3) is 0.300. The second kappa shape index (κ2) is 8.87. The third kappa shape index (κ3) is 4.83. The lowest BCUT2D eigenvalue weighted by molar-refractivity contribution is -0.115. The van der Waals surface area contributed by atoms with Crippen LogP contribution in [0.15, 0.2) is 42.5 Å². The molecule has 5 heteroatoms. The Bertz CT molecular complexity index is 717. The van der Waals surface area contributed by atoms with Crippen molar-refractivity contribution in [1.82, 2.24) is 5.32 Å². The molecule has 0 fully saturated rings. The standard InChI is InChI=1S/C20H24N2O3/c1-4-14-7-6-8-15(5-2)19(14)22-18(23)13-21-20(24)16-9-11-17(25-3)12-10-16/h6-12H,4-5,13H2,1-3H3,(H,21,24)(H,22,23). The van der Waals surface area contributed by atoms with Crippen molar-refractivity contribution >= 4 is 17.5 Å². The summed E-state index contributed by atoms with van der Waals surface area (Å²) in [5, 5.41) is 5.57. The van der Waals surface area contributed by atoms with E-state index in [-0.39, 0.29) is 18.4 Å². The summed E-state index contributed by atoms with van der Waals surface area (Å²) in [6.07, 6.45) is 1.67. The maximum atomic E-state index is 12.2. The minimum atomic E-state index is -0.294. The first-order chi connectivity index (χ1) is 12.1. The summed E-state index contributed by atoms with van der Waals surface area (Å²) < 4.78 is 5.06. The third-order valence-electron chi connectivity index (χ3n) is 4.02. The molecule has 0 spiro atoms. The van der Waals surface area contributed by atoms with Gasteiger partial charge in [-0.05, 0) is 48.2 Å². The van der Waals surface area contributed by atoms with Gasteiger partial charge in [0.2, 0.25) is 5.91 Å². The molecule has 0 heterocycles. The molecule has 0 saturated heterocycles. The van der Waals surface area contributed by atoms with E-state index in [9.17, 15) is 9.59 Å². The zero-order chi connectivity index (χ0) is 18.2. The van der Waals surface area contributed by atoms with E-state index in [1.165, 1.54) is 0 Å². The Hall–Kier alpha value is -2.82. The van der Waals surface area contributed by atoms with Crippen LogP contribution in [0.3, 0.4) is 0 Å². The SMILES string of the molecule is CCc1cccc(CC)c1NC(=O)CNC(=O)c1ccc(OC)cc1. The molecule has 0 aliphatic carbocycles. The fourth-order valence-electron chi connectivity index (χ4n) is 2.59. The summed E-state index contributed by atoms with van der Waals surface area (Å²) in [4.78, 5) is 24.4. The van der Waals surface area contributed by atoms with Crippen molar-refractivity contribution in [3.63, 3.8) is 0 Å². The Morgan fingerprint density at radius 3 is 2.08 bits per heavy atom. The number of carbonyl (C=O) groups excluding carboxylic acids is 2.